The smallest absolute Gasteiger partial charge is 0.255 e. The van der Waals surface area contributed by atoms with Crippen LogP contribution < -0.4 is 5.32 Å². The lowest BCUT2D eigenvalue weighted by atomic mass is 9.92. The third-order valence-electron chi connectivity index (χ3n) is 7.30. The summed E-state index contributed by atoms with van der Waals surface area (Å²) in [7, 11) is 0. The second-order valence-corrected chi connectivity index (χ2v) is 9.76. The van der Waals surface area contributed by atoms with E-state index in [9.17, 15) is 14.4 Å². The Balaban J connectivity index is 1.21. The van der Waals surface area contributed by atoms with Gasteiger partial charge in [0.15, 0.2) is 5.78 Å². The fourth-order valence-corrected chi connectivity index (χ4v) is 5.37. The molecule has 0 spiro atoms. The van der Waals surface area contributed by atoms with Gasteiger partial charge in [0.25, 0.3) is 5.91 Å². The van der Waals surface area contributed by atoms with Gasteiger partial charge >= 0.3 is 0 Å². The number of nitrogens with zero attached hydrogens (tertiary/aromatic N) is 1. The van der Waals surface area contributed by atoms with Gasteiger partial charge in [-0.2, -0.15) is 0 Å². The lowest BCUT2D eigenvalue weighted by Crippen LogP contribution is -2.44. The van der Waals surface area contributed by atoms with E-state index in [2.05, 4.69) is 17.2 Å². The normalized spacial score (nSPS) is 21.2. The highest BCUT2D eigenvalue weighted by Gasteiger charge is 2.39. The second-order valence-electron chi connectivity index (χ2n) is 9.76. The molecule has 1 aliphatic heterocycles. The maximum Gasteiger partial charge on any atom is 0.255 e. The van der Waals surface area contributed by atoms with Crippen LogP contribution >= 0.6 is 0 Å². The molecule has 5 nitrogen and oxygen atoms in total. The molecule has 1 N–H and O–H groups in total. The van der Waals surface area contributed by atoms with E-state index in [1.54, 1.807) is 4.90 Å². The number of benzene rings is 1. The number of nitrogens with one attached hydrogen (secondary N) is 1. The molecule has 1 aromatic rings. The van der Waals surface area contributed by atoms with Gasteiger partial charge in [0, 0.05) is 36.6 Å². The van der Waals surface area contributed by atoms with Gasteiger partial charge in [-0.25, -0.2) is 0 Å². The lowest BCUT2D eigenvalue weighted by molar-refractivity contribution is -0.133. The van der Waals surface area contributed by atoms with Crippen LogP contribution in [0.1, 0.15) is 105 Å². The highest BCUT2D eigenvalue weighted by atomic mass is 16.2. The summed E-state index contributed by atoms with van der Waals surface area (Å²) in [6.45, 7) is 1.55. The summed E-state index contributed by atoms with van der Waals surface area (Å²) in [4.78, 5) is 38.5. The van der Waals surface area contributed by atoms with Gasteiger partial charge in [0.1, 0.15) is 5.78 Å². The highest BCUT2D eigenvalue weighted by Crippen LogP contribution is 2.30. The van der Waals surface area contributed by atoms with Crippen LogP contribution in [0.15, 0.2) is 18.2 Å². The number of hydrogen-bond donors (Lipinski definition) is 1. The Morgan fingerprint density at radius 3 is 2.61 bits per heavy atom. The Bertz CT molecular complexity index is 936. The molecule has 4 rings (SSSR count). The Kier molecular flexibility index (Phi) is 8.34. The van der Waals surface area contributed by atoms with Gasteiger partial charge in [-0.05, 0) is 56.3 Å². The molecule has 5 heteroatoms. The molecule has 1 aromatic carbocycles. The SMILES string of the molecule is O=C1CCC(N2Cc3c(C#CCCCCCCNC4CCCCC4)cccc3C2=O)C(=O)C1. The molecular formula is C28H36N2O3. The Morgan fingerprint density at radius 1 is 0.970 bits per heavy atom. The highest BCUT2D eigenvalue weighted by molar-refractivity contribution is 6.07. The number of amides is 1. The summed E-state index contributed by atoms with van der Waals surface area (Å²) in [5, 5.41) is 3.71. The maximum atomic E-state index is 12.9. The van der Waals surface area contributed by atoms with Gasteiger partial charge in [-0.3, -0.25) is 14.4 Å². The van der Waals surface area contributed by atoms with Gasteiger partial charge in [0.05, 0.1) is 12.5 Å². The summed E-state index contributed by atoms with van der Waals surface area (Å²) in [6, 6.07) is 5.93. The van der Waals surface area contributed by atoms with Crippen LogP contribution in [0, 0.1) is 11.8 Å². The molecule has 33 heavy (non-hydrogen) atoms. The van der Waals surface area contributed by atoms with Crippen molar-refractivity contribution in [3.63, 3.8) is 0 Å². The van der Waals surface area contributed by atoms with Gasteiger partial charge in [-0.1, -0.05) is 50.0 Å². The van der Waals surface area contributed by atoms with Crippen molar-refractivity contribution in [2.24, 2.45) is 0 Å². The average molecular weight is 449 g/mol. The first-order valence-electron chi connectivity index (χ1n) is 12.8. The molecule has 176 valence electrons. The largest absolute Gasteiger partial charge is 0.324 e. The zero-order chi connectivity index (χ0) is 23.0. The van der Waals surface area contributed by atoms with Crippen LogP contribution in [-0.4, -0.2) is 41.0 Å². The van der Waals surface area contributed by atoms with Crippen molar-refractivity contribution in [1.29, 1.82) is 0 Å². The van der Waals surface area contributed by atoms with Crippen LogP contribution in [0.4, 0.5) is 0 Å². The molecule has 1 heterocycles. The van der Waals surface area contributed by atoms with E-state index in [0.29, 0.717) is 24.9 Å². The van der Waals surface area contributed by atoms with Crippen molar-refractivity contribution in [2.75, 3.05) is 6.54 Å². The first kappa shape index (κ1) is 23.7. The van der Waals surface area contributed by atoms with E-state index in [1.807, 2.05) is 18.2 Å². The summed E-state index contributed by atoms with van der Waals surface area (Å²) in [6.07, 6.45) is 13.3. The minimum atomic E-state index is -0.476. The van der Waals surface area contributed by atoms with E-state index in [1.165, 1.54) is 51.4 Å². The predicted molar refractivity (Wildman–Crippen MR) is 129 cm³/mol. The van der Waals surface area contributed by atoms with Crippen LogP contribution in [0.3, 0.4) is 0 Å². The van der Waals surface area contributed by atoms with Crippen molar-refractivity contribution >= 4 is 17.5 Å². The van der Waals surface area contributed by atoms with Crippen molar-refractivity contribution in [2.45, 2.75) is 102 Å². The zero-order valence-corrected chi connectivity index (χ0v) is 19.7. The monoisotopic (exact) mass is 448 g/mol. The molecule has 0 saturated heterocycles. The lowest BCUT2D eigenvalue weighted by Gasteiger charge is -2.29. The third-order valence-corrected chi connectivity index (χ3v) is 7.30. The molecule has 3 aliphatic rings. The number of Topliss-reactive ketones (excluding diaryl/α,β-unsaturated/α-hetero) is 2. The first-order valence-corrected chi connectivity index (χ1v) is 12.8. The molecular weight excluding hydrogens is 412 g/mol. The fraction of sp³-hybridized carbons (Fsp3) is 0.607. The Morgan fingerprint density at radius 2 is 1.79 bits per heavy atom. The molecule has 1 amide bonds. The molecule has 2 saturated carbocycles. The summed E-state index contributed by atoms with van der Waals surface area (Å²) in [5.41, 5.74) is 2.46. The van der Waals surface area contributed by atoms with E-state index in [4.69, 9.17) is 0 Å². The average Bonchev–Trinajstić information content (AvgIpc) is 3.15. The molecule has 2 aliphatic carbocycles. The van der Waals surface area contributed by atoms with Gasteiger partial charge < -0.3 is 10.2 Å². The predicted octanol–water partition coefficient (Wildman–Crippen LogP) is 4.56. The number of fused-ring (bicyclic) bond motifs is 1. The number of ketones is 2. The second kappa shape index (κ2) is 11.6. The van der Waals surface area contributed by atoms with E-state index in [0.717, 1.165) is 36.6 Å². The van der Waals surface area contributed by atoms with Crippen molar-refractivity contribution in [3.8, 4) is 11.8 Å². The van der Waals surface area contributed by atoms with Crippen LogP contribution in [0.5, 0.6) is 0 Å². The van der Waals surface area contributed by atoms with E-state index < -0.39 is 6.04 Å². The minimum Gasteiger partial charge on any atom is -0.324 e. The molecule has 1 atom stereocenters. The molecule has 1 unspecified atom stereocenters. The van der Waals surface area contributed by atoms with Crippen LogP contribution in [0.25, 0.3) is 0 Å². The topological polar surface area (TPSA) is 66.5 Å². The van der Waals surface area contributed by atoms with Gasteiger partial charge in [-0.15, -0.1) is 0 Å². The van der Waals surface area contributed by atoms with Gasteiger partial charge in [0.2, 0.25) is 0 Å². The van der Waals surface area contributed by atoms with E-state index >= 15 is 0 Å². The summed E-state index contributed by atoms with van der Waals surface area (Å²) in [5.74, 6) is 6.30. The molecule has 2 fully saturated rings. The number of carbonyl (C=O) groups is 3. The van der Waals surface area contributed by atoms with Crippen LogP contribution in [-0.2, 0) is 16.1 Å². The molecule has 0 radical (unpaired) electrons. The zero-order valence-electron chi connectivity index (χ0n) is 19.7. The van der Waals surface area contributed by atoms with Crippen LogP contribution in [0.2, 0.25) is 0 Å². The first-order chi connectivity index (χ1) is 16.1. The molecule has 0 aromatic heterocycles. The van der Waals surface area contributed by atoms with E-state index in [-0.39, 0.29) is 23.9 Å². The number of unbranched alkanes of at least 4 members (excludes halogenated alkanes) is 4. The van der Waals surface area contributed by atoms with Crippen molar-refractivity contribution in [1.82, 2.24) is 10.2 Å². The quantitative estimate of drug-likeness (QED) is 0.360. The molecule has 0 bridgehead atoms. The van der Waals surface area contributed by atoms with Crippen molar-refractivity contribution < 1.29 is 14.4 Å². The Labute approximate surface area is 197 Å². The number of carbonyl (C=O) groups excluding carboxylic acids is 3. The van der Waals surface area contributed by atoms with Crippen molar-refractivity contribution in [3.05, 3.63) is 34.9 Å². The Hall–Kier alpha value is -2.45. The standard InChI is InChI=1S/C28H36N2O3/c31-23-16-17-26(27(32)19-23)30-20-25-21(12-10-15-24(25)28(30)33)11-6-3-1-2-4-9-18-29-22-13-7-5-8-14-22/h10,12,15,22,26,29H,1-5,7-9,13-14,16-20H2. The number of rotatable bonds is 8. The minimum absolute atomic E-state index is 0.0209. The summed E-state index contributed by atoms with van der Waals surface area (Å²) >= 11 is 0. The summed E-state index contributed by atoms with van der Waals surface area (Å²) < 4.78 is 0. The maximum absolute atomic E-state index is 12.9. The third kappa shape index (κ3) is 6.12. The fourth-order valence-electron chi connectivity index (χ4n) is 5.37. The number of hydrogen-bond acceptors (Lipinski definition) is 4.